The van der Waals surface area contributed by atoms with Crippen LogP contribution in [0, 0.1) is 0 Å². The van der Waals surface area contributed by atoms with E-state index in [0.29, 0.717) is 0 Å². The third-order valence-corrected chi connectivity index (χ3v) is 3.03. The van der Waals surface area contributed by atoms with Crippen molar-refractivity contribution < 1.29 is 4.74 Å². The Morgan fingerprint density at radius 1 is 1.28 bits per heavy atom. The summed E-state index contributed by atoms with van der Waals surface area (Å²) in [5.41, 5.74) is 2.26. The molecule has 0 amide bonds. The molecular formula is C13H26N4O. The van der Waals surface area contributed by atoms with Crippen molar-refractivity contribution in [3.63, 3.8) is 0 Å². The Kier molecular flexibility index (Phi) is 7.60. The SMILES string of the molecule is CCCCCCn1nnc(CNC)c1CCOC. The number of ether oxygens (including phenoxy) is 1. The smallest absolute Gasteiger partial charge is 0.0997 e. The van der Waals surface area contributed by atoms with Crippen molar-refractivity contribution in [2.45, 2.75) is 52.1 Å². The van der Waals surface area contributed by atoms with Gasteiger partial charge in [-0.2, -0.15) is 0 Å². The molecule has 1 aromatic rings. The molecule has 104 valence electrons. The molecule has 0 radical (unpaired) electrons. The number of unbranched alkanes of at least 4 members (excludes halogenated alkanes) is 3. The minimum absolute atomic E-state index is 0.721. The molecule has 1 heterocycles. The Morgan fingerprint density at radius 2 is 2.11 bits per heavy atom. The fourth-order valence-electron chi connectivity index (χ4n) is 2.01. The summed E-state index contributed by atoms with van der Waals surface area (Å²) in [4.78, 5) is 0. The van der Waals surface area contributed by atoms with Crippen LogP contribution in [0.2, 0.25) is 0 Å². The minimum atomic E-state index is 0.721. The molecule has 5 nitrogen and oxygen atoms in total. The fraction of sp³-hybridized carbons (Fsp3) is 0.846. The second-order valence-electron chi connectivity index (χ2n) is 4.54. The van der Waals surface area contributed by atoms with Crippen molar-refractivity contribution in [3.8, 4) is 0 Å². The van der Waals surface area contributed by atoms with Gasteiger partial charge in [-0.05, 0) is 13.5 Å². The van der Waals surface area contributed by atoms with Crippen molar-refractivity contribution in [2.24, 2.45) is 0 Å². The molecule has 0 aromatic carbocycles. The van der Waals surface area contributed by atoms with Crippen LogP contribution in [0.3, 0.4) is 0 Å². The summed E-state index contributed by atoms with van der Waals surface area (Å²) in [6.45, 7) is 4.69. The zero-order valence-electron chi connectivity index (χ0n) is 11.9. The molecular weight excluding hydrogens is 228 g/mol. The molecule has 0 atom stereocenters. The van der Waals surface area contributed by atoms with Crippen LogP contribution in [0.25, 0.3) is 0 Å². The Hall–Kier alpha value is -0.940. The summed E-state index contributed by atoms with van der Waals surface area (Å²) < 4.78 is 7.20. The summed E-state index contributed by atoms with van der Waals surface area (Å²) in [7, 11) is 3.66. The average molecular weight is 254 g/mol. The van der Waals surface area contributed by atoms with Crippen molar-refractivity contribution in [1.82, 2.24) is 20.3 Å². The summed E-state index contributed by atoms with van der Waals surface area (Å²) >= 11 is 0. The molecule has 0 saturated carbocycles. The molecule has 0 bridgehead atoms. The average Bonchev–Trinajstić information content (AvgIpc) is 2.75. The molecule has 0 aliphatic rings. The maximum absolute atomic E-state index is 5.16. The van der Waals surface area contributed by atoms with Gasteiger partial charge in [-0.1, -0.05) is 31.4 Å². The lowest BCUT2D eigenvalue weighted by atomic mass is 10.2. The molecule has 0 aliphatic heterocycles. The van der Waals surface area contributed by atoms with Gasteiger partial charge in [-0.15, -0.1) is 5.10 Å². The lowest BCUT2D eigenvalue weighted by Crippen LogP contribution is -2.12. The van der Waals surface area contributed by atoms with E-state index < -0.39 is 0 Å². The van der Waals surface area contributed by atoms with Crippen LogP contribution in [0.5, 0.6) is 0 Å². The third kappa shape index (κ3) is 4.74. The van der Waals surface area contributed by atoms with Crippen molar-refractivity contribution >= 4 is 0 Å². The van der Waals surface area contributed by atoms with Crippen LogP contribution in [-0.4, -0.2) is 35.8 Å². The number of hydrogen-bond donors (Lipinski definition) is 1. The van der Waals surface area contributed by atoms with Gasteiger partial charge in [0.05, 0.1) is 18.0 Å². The zero-order chi connectivity index (χ0) is 13.2. The number of hydrogen-bond acceptors (Lipinski definition) is 4. The maximum atomic E-state index is 5.16. The fourth-order valence-corrected chi connectivity index (χ4v) is 2.01. The van der Waals surface area contributed by atoms with Gasteiger partial charge in [0.2, 0.25) is 0 Å². The van der Waals surface area contributed by atoms with E-state index in [0.717, 1.165) is 31.8 Å². The number of nitrogens with zero attached hydrogens (tertiary/aromatic N) is 3. The highest BCUT2D eigenvalue weighted by Gasteiger charge is 2.11. The van der Waals surface area contributed by atoms with Crippen molar-refractivity contribution in [1.29, 1.82) is 0 Å². The predicted molar refractivity (Wildman–Crippen MR) is 72.5 cm³/mol. The number of methoxy groups -OCH3 is 1. The molecule has 0 aliphatic carbocycles. The largest absolute Gasteiger partial charge is 0.384 e. The molecule has 18 heavy (non-hydrogen) atoms. The molecule has 1 N–H and O–H groups in total. The quantitative estimate of drug-likeness (QED) is 0.647. The molecule has 0 spiro atoms. The van der Waals surface area contributed by atoms with E-state index in [-0.39, 0.29) is 0 Å². The summed E-state index contributed by atoms with van der Waals surface area (Å²) in [5, 5.41) is 11.6. The lowest BCUT2D eigenvalue weighted by molar-refractivity contribution is 0.199. The molecule has 5 heteroatoms. The Balaban J connectivity index is 2.58. The highest BCUT2D eigenvalue weighted by Crippen LogP contribution is 2.09. The second kappa shape index (κ2) is 9.05. The van der Waals surface area contributed by atoms with E-state index in [1.54, 1.807) is 7.11 Å². The van der Waals surface area contributed by atoms with E-state index in [4.69, 9.17) is 4.74 Å². The van der Waals surface area contributed by atoms with E-state index in [1.807, 2.05) is 11.7 Å². The van der Waals surface area contributed by atoms with Crippen LogP contribution < -0.4 is 5.32 Å². The summed E-state index contributed by atoms with van der Waals surface area (Å²) in [6.07, 6.45) is 5.89. The topological polar surface area (TPSA) is 52.0 Å². The maximum Gasteiger partial charge on any atom is 0.0997 e. The Morgan fingerprint density at radius 3 is 2.78 bits per heavy atom. The molecule has 0 fully saturated rings. The molecule has 1 aromatic heterocycles. The van der Waals surface area contributed by atoms with Gasteiger partial charge in [0, 0.05) is 26.6 Å². The van der Waals surface area contributed by atoms with Crippen LogP contribution in [0.15, 0.2) is 0 Å². The van der Waals surface area contributed by atoms with Crippen LogP contribution >= 0.6 is 0 Å². The highest BCUT2D eigenvalue weighted by molar-refractivity contribution is 5.10. The van der Waals surface area contributed by atoms with Gasteiger partial charge in [0.25, 0.3) is 0 Å². The van der Waals surface area contributed by atoms with E-state index in [9.17, 15) is 0 Å². The van der Waals surface area contributed by atoms with E-state index >= 15 is 0 Å². The summed E-state index contributed by atoms with van der Waals surface area (Å²) in [6, 6.07) is 0. The van der Waals surface area contributed by atoms with Gasteiger partial charge in [-0.3, -0.25) is 0 Å². The highest BCUT2D eigenvalue weighted by atomic mass is 16.5. The van der Waals surface area contributed by atoms with Crippen molar-refractivity contribution in [3.05, 3.63) is 11.4 Å². The minimum Gasteiger partial charge on any atom is -0.384 e. The lowest BCUT2D eigenvalue weighted by Gasteiger charge is -2.07. The molecule has 0 unspecified atom stereocenters. The van der Waals surface area contributed by atoms with Crippen LogP contribution in [0.1, 0.15) is 44.0 Å². The predicted octanol–water partition coefficient (Wildman–Crippen LogP) is 1.77. The van der Waals surface area contributed by atoms with Gasteiger partial charge >= 0.3 is 0 Å². The Labute approximate surface area is 110 Å². The summed E-state index contributed by atoms with van der Waals surface area (Å²) in [5.74, 6) is 0. The van der Waals surface area contributed by atoms with Crippen LogP contribution in [-0.2, 0) is 24.2 Å². The van der Waals surface area contributed by atoms with E-state index in [2.05, 4.69) is 22.6 Å². The standard InChI is InChI=1S/C13H26N4O/c1-4-5-6-7-9-17-13(8-10-18-3)12(11-14-2)15-16-17/h14H,4-11H2,1-3H3. The third-order valence-electron chi connectivity index (χ3n) is 3.03. The van der Waals surface area contributed by atoms with Gasteiger partial charge in [0.1, 0.15) is 0 Å². The van der Waals surface area contributed by atoms with Crippen LogP contribution in [0.4, 0.5) is 0 Å². The van der Waals surface area contributed by atoms with Gasteiger partial charge in [-0.25, -0.2) is 4.68 Å². The first kappa shape index (κ1) is 15.1. The Bertz CT molecular complexity index is 325. The zero-order valence-corrected chi connectivity index (χ0v) is 11.9. The first-order valence-electron chi connectivity index (χ1n) is 6.88. The second-order valence-corrected chi connectivity index (χ2v) is 4.54. The van der Waals surface area contributed by atoms with Gasteiger partial charge in [0.15, 0.2) is 0 Å². The first-order valence-corrected chi connectivity index (χ1v) is 6.88. The first-order chi connectivity index (χ1) is 8.83. The molecule has 0 saturated heterocycles. The van der Waals surface area contributed by atoms with Crippen molar-refractivity contribution in [2.75, 3.05) is 20.8 Å². The number of aryl methyl sites for hydroxylation is 1. The monoisotopic (exact) mass is 254 g/mol. The van der Waals surface area contributed by atoms with E-state index in [1.165, 1.54) is 31.4 Å². The number of aromatic nitrogens is 3. The number of nitrogens with one attached hydrogen (secondary N) is 1. The number of rotatable bonds is 10. The molecule has 1 rings (SSSR count). The van der Waals surface area contributed by atoms with Gasteiger partial charge < -0.3 is 10.1 Å². The normalized spacial score (nSPS) is 11.1.